The van der Waals surface area contributed by atoms with Gasteiger partial charge in [-0.3, -0.25) is 4.90 Å². The maximum absolute atomic E-state index is 12.2. The van der Waals surface area contributed by atoms with Gasteiger partial charge in [0.25, 0.3) is 0 Å². The molecule has 17 heavy (non-hydrogen) atoms. The Morgan fingerprint density at radius 1 is 1.35 bits per heavy atom. The Morgan fingerprint density at radius 2 is 1.94 bits per heavy atom. The van der Waals surface area contributed by atoms with Crippen LogP contribution in [0, 0.1) is 0 Å². The van der Waals surface area contributed by atoms with Crippen molar-refractivity contribution in [2.75, 3.05) is 13.2 Å². The summed E-state index contributed by atoms with van der Waals surface area (Å²) in [5.74, 6) is 0. The molecular formula is C12H21NO4. The Hall–Kier alpha value is -0.810. The van der Waals surface area contributed by atoms with Crippen molar-refractivity contribution in [2.24, 2.45) is 0 Å². The predicted octanol–water partition coefficient (Wildman–Crippen LogP) is 1.76. The molecule has 0 radical (unpaired) electrons. The van der Waals surface area contributed by atoms with Gasteiger partial charge in [0, 0.05) is 0 Å². The number of ether oxygens (including phenoxy) is 3. The summed E-state index contributed by atoms with van der Waals surface area (Å²) in [5, 5.41) is 0. The first-order valence-corrected chi connectivity index (χ1v) is 5.98. The van der Waals surface area contributed by atoms with Gasteiger partial charge in [-0.25, -0.2) is 4.79 Å². The summed E-state index contributed by atoms with van der Waals surface area (Å²) in [7, 11) is 0. The van der Waals surface area contributed by atoms with E-state index in [0.717, 1.165) is 0 Å². The van der Waals surface area contributed by atoms with Gasteiger partial charge in [0.1, 0.15) is 17.4 Å². The molecule has 0 aromatic heterocycles. The van der Waals surface area contributed by atoms with Gasteiger partial charge >= 0.3 is 6.09 Å². The highest BCUT2D eigenvalue weighted by Crippen LogP contribution is 2.34. The Balaban J connectivity index is 2.11. The van der Waals surface area contributed by atoms with Crippen molar-refractivity contribution in [1.82, 2.24) is 4.90 Å². The Bertz CT molecular complexity index is 317. The first kappa shape index (κ1) is 12.6. The summed E-state index contributed by atoms with van der Waals surface area (Å²) in [6, 6.07) is -0.0279. The van der Waals surface area contributed by atoms with Gasteiger partial charge < -0.3 is 14.2 Å². The van der Waals surface area contributed by atoms with Crippen molar-refractivity contribution in [3.05, 3.63) is 0 Å². The quantitative estimate of drug-likeness (QED) is 0.658. The lowest BCUT2D eigenvalue weighted by atomic mass is 10.1. The number of carbonyl (C=O) groups excluding carboxylic acids is 1. The fourth-order valence-electron chi connectivity index (χ4n) is 2.05. The zero-order valence-corrected chi connectivity index (χ0v) is 11.1. The van der Waals surface area contributed by atoms with Gasteiger partial charge in [-0.15, -0.1) is 0 Å². The highest BCUT2D eigenvalue weighted by Gasteiger charge is 2.52. The van der Waals surface area contributed by atoms with Crippen molar-refractivity contribution < 1.29 is 19.0 Å². The topological polar surface area (TPSA) is 51.3 Å². The van der Waals surface area contributed by atoms with E-state index in [9.17, 15) is 4.79 Å². The second-order valence-electron chi connectivity index (χ2n) is 6.05. The molecular weight excluding hydrogens is 222 g/mol. The van der Waals surface area contributed by atoms with Crippen LogP contribution in [0.25, 0.3) is 0 Å². The standard InChI is InChI=1S/C12H21NO4/c1-11(2,3)17-10(14)13-8(9-7-15-9)6-16-12(13,4)5/h8-9H,6-7H2,1-5H3/t8-,9+/m1/s1. The summed E-state index contributed by atoms with van der Waals surface area (Å²) in [4.78, 5) is 13.8. The zero-order valence-electron chi connectivity index (χ0n) is 11.1. The van der Waals surface area contributed by atoms with Gasteiger partial charge in [0.15, 0.2) is 0 Å². The van der Waals surface area contributed by atoms with Crippen molar-refractivity contribution in [3.8, 4) is 0 Å². The molecule has 0 N–H and O–H groups in total. The minimum atomic E-state index is -0.626. The van der Waals surface area contributed by atoms with Crippen molar-refractivity contribution in [2.45, 2.75) is 58.1 Å². The fraction of sp³-hybridized carbons (Fsp3) is 0.917. The van der Waals surface area contributed by atoms with Crippen molar-refractivity contribution >= 4 is 6.09 Å². The highest BCUT2D eigenvalue weighted by molar-refractivity contribution is 5.70. The van der Waals surface area contributed by atoms with E-state index in [1.165, 1.54) is 0 Å². The summed E-state index contributed by atoms with van der Waals surface area (Å²) in [6.07, 6.45) is -0.232. The van der Waals surface area contributed by atoms with Gasteiger partial charge in [-0.2, -0.15) is 0 Å². The first-order valence-electron chi connectivity index (χ1n) is 5.98. The number of hydrogen-bond acceptors (Lipinski definition) is 4. The van der Waals surface area contributed by atoms with Crippen LogP contribution in [0.1, 0.15) is 34.6 Å². The molecule has 5 nitrogen and oxygen atoms in total. The second kappa shape index (κ2) is 3.85. The molecule has 98 valence electrons. The van der Waals surface area contributed by atoms with E-state index in [-0.39, 0.29) is 18.2 Å². The first-order chi connectivity index (χ1) is 7.71. The molecule has 2 heterocycles. The minimum absolute atomic E-state index is 0.0279. The van der Waals surface area contributed by atoms with Gasteiger partial charge in [-0.05, 0) is 34.6 Å². The maximum Gasteiger partial charge on any atom is 0.412 e. The van der Waals surface area contributed by atoms with E-state index in [1.54, 1.807) is 4.90 Å². The molecule has 2 aliphatic heterocycles. The monoisotopic (exact) mass is 243 g/mol. The molecule has 2 atom stereocenters. The Labute approximate surface area is 102 Å². The predicted molar refractivity (Wildman–Crippen MR) is 61.6 cm³/mol. The van der Waals surface area contributed by atoms with Crippen LogP contribution in [0.2, 0.25) is 0 Å². The fourth-order valence-corrected chi connectivity index (χ4v) is 2.05. The average Bonchev–Trinajstić information content (AvgIpc) is 2.87. The van der Waals surface area contributed by atoms with E-state index in [4.69, 9.17) is 14.2 Å². The molecule has 1 amide bonds. The third-order valence-corrected chi connectivity index (χ3v) is 2.90. The SMILES string of the molecule is CC(C)(C)OC(=O)N1[C@@H]([C@@H]2CO2)COC1(C)C. The third-order valence-electron chi connectivity index (χ3n) is 2.90. The molecule has 0 spiro atoms. The van der Waals surface area contributed by atoms with Gasteiger partial charge in [0.05, 0.1) is 19.3 Å². The molecule has 0 bridgehead atoms. The van der Waals surface area contributed by atoms with E-state index in [2.05, 4.69) is 0 Å². The van der Waals surface area contributed by atoms with Crippen LogP contribution in [-0.4, -0.2) is 47.7 Å². The van der Waals surface area contributed by atoms with Crippen LogP contribution in [0.5, 0.6) is 0 Å². The summed E-state index contributed by atoms with van der Waals surface area (Å²) in [6.45, 7) is 10.5. The van der Waals surface area contributed by atoms with Crippen molar-refractivity contribution in [3.63, 3.8) is 0 Å². The van der Waals surface area contributed by atoms with Crippen LogP contribution in [0.15, 0.2) is 0 Å². The molecule has 0 unspecified atom stereocenters. The number of epoxide rings is 1. The summed E-state index contributed by atoms with van der Waals surface area (Å²) < 4.78 is 16.3. The lowest BCUT2D eigenvalue weighted by molar-refractivity contribution is -0.0632. The molecule has 5 heteroatoms. The molecule has 0 aromatic rings. The summed E-state index contributed by atoms with van der Waals surface area (Å²) in [5.41, 5.74) is -1.12. The average molecular weight is 243 g/mol. The van der Waals surface area contributed by atoms with E-state index >= 15 is 0 Å². The molecule has 2 saturated heterocycles. The normalized spacial score (nSPS) is 31.5. The summed E-state index contributed by atoms with van der Waals surface area (Å²) >= 11 is 0. The molecule has 2 fully saturated rings. The molecule has 0 aromatic carbocycles. The Morgan fingerprint density at radius 3 is 2.41 bits per heavy atom. The van der Waals surface area contributed by atoms with Crippen LogP contribution >= 0.6 is 0 Å². The molecule has 2 aliphatic rings. The lowest BCUT2D eigenvalue weighted by Gasteiger charge is -2.34. The van der Waals surface area contributed by atoms with Crippen LogP contribution < -0.4 is 0 Å². The van der Waals surface area contributed by atoms with Crippen molar-refractivity contribution in [1.29, 1.82) is 0 Å². The van der Waals surface area contributed by atoms with Gasteiger partial charge in [-0.1, -0.05) is 0 Å². The van der Waals surface area contributed by atoms with E-state index in [1.807, 2.05) is 34.6 Å². The largest absolute Gasteiger partial charge is 0.444 e. The number of hydrogen-bond donors (Lipinski definition) is 0. The Kier molecular flexibility index (Phi) is 2.86. The smallest absolute Gasteiger partial charge is 0.412 e. The van der Waals surface area contributed by atoms with Gasteiger partial charge in [0.2, 0.25) is 0 Å². The zero-order chi connectivity index (χ0) is 12.8. The highest BCUT2D eigenvalue weighted by atomic mass is 16.6. The van der Waals surface area contributed by atoms with E-state index < -0.39 is 11.3 Å². The number of nitrogens with zero attached hydrogens (tertiary/aromatic N) is 1. The maximum atomic E-state index is 12.2. The van der Waals surface area contributed by atoms with Crippen LogP contribution in [0.4, 0.5) is 4.79 Å². The molecule has 0 saturated carbocycles. The van der Waals surface area contributed by atoms with Crippen LogP contribution in [-0.2, 0) is 14.2 Å². The minimum Gasteiger partial charge on any atom is -0.444 e. The second-order valence-corrected chi connectivity index (χ2v) is 6.05. The van der Waals surface area contributed by atoms with E-state index in [0.29, 0.717) is 13.2 Å². The number of amides is 1. The third kappa shape index (κ3) is 2.72. The number of carbonyl (C=O) groups is 1. The van der Waals surface area contributed by atoms with Crippen LogP contribution in [0.3, 0.4) is 0 Å². The molecule has 2 rings (SSSR count). The lowest BCUT2D eigenvalue weighted by Crippen LogP contribution is -2.51. The number of rotatable bonds is 1. The molecule has 0 aliphatic carbocycles.